The average Bonchev–Trinajstić information content (AvgIpc) is 3.21. The highest BCUT2D eigenvalue weighted by Gasteiger charge is 2.25. The van der Waals surface area contributed by atoms with Crippen molar-refractivity contribution in [2.75, 3.05) is 6.61 Å². The first-order chi connectivity index (χ1) is 12.3. The predicted molar refractivity (Wildman–Crippen MR) is 92.3 cm³/mol. The predicted octanol–water partition coefficient (Wildman–Crippen LogP) is 2.13. The lowest BCUT2D eigenvalue weighted by atomic mass is 9.96. The van der Waals surface area contributed by atoms with Gasteiger partial charge in [-0.25, -0.2) is 9.97 Å². The third kappa shape index (κ3) is 3.38. The second-order valence-electron chi connectivity index (χ2n) is 6.03. The maximum atomic E-state index is 12.5. The van der Waals surface area contributed by atoms with Crippen LogP contribution < -0.4 is 10.1 Å². The Kier molecular flexibility index (Phi) is 4.16. The van der Waals surface area contributed by atoms with Crippen molar-refractivity contribution in [3.05, 3.63) is 72.4 Å². The molecule has 0 spiro atoms. The number of para-hydroxylation sites is 1. The molecule has 25 heavy (non-hydrogen) atoms. The molecule has 4 rings (SSSR count). The third-order valence-electron chi connectivity index (χ3n) is 4.30. The summed E-state index contributed by atoms with van der Waals surface area (Å²) in [6.07, 6.45) is 7.68. The van der Waals surface area contributed by atoms with Crippen LogP contribution in [0.15, 0.2) is 61.3 Å². The highest BCUT2D eigenvalue weighted by molar-refractivity contribution is 5.79. The Bertz CT molecular complexity index is 877. The monoisotopic (exact) mass is 334 g/mol. The van der Waals surface area contributed by atoms with Crippen LogP contribution in [0.2, 0.25) is 0 Å². The molecule has 1 amide bonds. The van der Waals surface area contributed by atoms with Gasteiger partial charge in [-0.2, -0.15) is 0 Å². The van der Waals surface area contributed by atoms with Gasteiger partial charge >= 0.3 is 0 Å². The minimum absolute atomic E-state index is 0.00972. The standard InChI is InChI=1S/C19H18N4O2/c24-19(16-10-15-3-1-2-4-17(15)25-12-16)22-11-14-5-6-21-18(9-14)23-8-7-20-13-23/h1-9,13,16H,10-12H2,(H,22,24). The van der Waals surface area contributed by atoms with Crippen molar-refractivity contribution in [3.8, 4) is 11.6 Å². The number of amides is 1. The van der Waals surface area contributed by atoms with Crippen molar-refractivity contribution in [1.29, 1.82) is 0 Å². The Balaban J connectivity index is 1.39. The van der Waals surface area contributed by atoms with E-state index in [4.69, 9.17) is 4.74 Å². The van der Waals surface area contributed by atoms with E-state index >= 15 is 0 Å². The molecule has 0 bridgehead atoms. The molecular weight excluding hydrogens is 316 g/mol. The molecule has 0 radical (unpaired) electrons. The number of rotatable bonds is 4. The van der Waals surface area contributed by atoms with Crippen LogP contribution in [0.1, 0.15) is 11.1 Å². The molecule has 126 valence electrons. The SMILES string of the molecule is O=C(NCc1ccnc(-n2ccnc2)c1)C1COc2ccccc2C1. The lowest BCUT2D eigenvalue weighted by Gasteiger charge is -2.24. The quantitative estimate of drug-likeness (QED) is 0.794. The highest BCUT2D eigenvalue weighted by atomic mass is 16.5. The van der Waals surface area contributed by atoms with Gasteiger partial charge in [0.2, 0.25) is 5.91 Å². The Hall–Kier alpha value is -3.15. The fraction of sp³-hybridized carbons (Fsp3) is 0.211. The van der Waals surface area contributed by atoms with Gasteiger partial charge in [-0.3, -0.25) is 9.36 Å². The molecular formula is C19H18N4O2. The Morgan fingerprint density at radius 2 is 2.20 bits per heavy atom. The number of hydrogen-bond donors (Lipinski definition) is 1. The van der Waals surface area contributed by atoms with Crippen LogP contribution in [-0.2, 0) is 17.8 Å². The molecule has 0 saturated heterocycles. The number of carbonyl (C=O) groups is 1. The first kappa shape index (κ1) is 15.4. The zero-order valence-corrected chi connectivity index (χ0v) is 13.6. The lowest BCUT2D eigenvalue weighted by Crippen LogP contribution is -2.37. The van der Waals surface area contributed by atoms with E-state index in [1.807, 2.05) is 47.2 Å². The molecule has 6 nitrogen and oxygen atoms in total. The summed E-state index contributed by atoms with van der Waals surface area (Å²) in [7, 11) is 0. The maximum Gasteiger partial charge on any atom is 0.227 e. The van der Waals surface area contributed by atoms with Crippen LogP contribution >= 0.6 is 0 Å². The minimum atomic E-state index is -0.162. The second kappa shape index (κ2) is 6.76. The van der Waals surface area contributed by atoms with Gasteiger partial charge in [-0.1, -0.05) is 18.2 Å². The number of nitrogens with zero attached hydrogens (tertiary/aromatic N) is 3. The molecule has 1 unspecified atom stereocenters. The van der Waals surface area contributed by atoms with Gasteiger partial charge in [0, 0.05) is 25.1 Å². The van der Waals surface area contributed by atoms with Crippen molar-refractivity contribution in [3.63, 3.8) is 0 Å². The topological polar surface area (TPSA) is 69.0 Å². The number of ether oxygens (including phenoxy) is 1. The Labute approximate surface area is 145 Å². The number of aromatic nitrogens is 3. The fourth-order valence-corrected chi connectivity index (χ4v) is 2.94. The summed E-state index contributed by atoms with van der Waals surface area (Å²) in [5.41, 5.74) is 2.07. The van der Waals surface area contributed by atoms with E-state index in [-0.39, 0.29) is 11.8 Å². The maximum absolute atomic E-state index is 12.5. The van der Waals surface area contributed by atoms with Gasteiger partial charge in [-0.15, -0.1) is 0 Å². The number of nitrogens with one attached hydrogen (secondary N) is 1. The number of imidazole rings is 1. The van der Waals surface area contributed by atoms with Crippen LogP contribution in [0.25, 0.3) is 5.82 Å². The zero-order chi connectivity index (χ0) is 17.1. The fourth-order valence-electron chi connectivity index (χ4n) is 2.94. The van der Waals surface area contributed by atoms with Crippen LogP contribution in [0.4, 0.5) is 0 Å². The molecule has 1 aliphatic rings. The van der Waals surface area contributed by atoms with Crippen molar-refractivity contribution < 1.29 is 9.53 Å². The van der Waals surface area contributed by atoms with Gasteiger partial charge in [0.15, 0.2) is 0 Å². The summed E-state index contributed by atoms with van der Waals surface area (Å²) in [5.74, 6) is 1.50. The molecule has 1 aliphatic heterocycles. The molecule has 0 saturated carbocycles. The molecule has 6 heteroatoms. The first-order valence-corrected chi connectivity index (χ1v) is 8.21. The van der Waals surface area contributed by atoms with Crippen LogP contribution in [0, 0.1) is 5.92 Å². The van der Waals surface area contributed by atoms with Crippen molar-refractivity contribution >= 4 is 5.91 Å². The smallest absolute Gasteiger partial charge is 0.227 e. The van der Waals surface area contributed by atoms with E-state index in [1.165, 1.54) is 0 Å². The first-order valence-electron chi connectivity index (χ1n) is 8.21. The van der Waals surface area contributed by atoms with Crippen molar-refractivity contribution in [2.24, 2.45) is 5.92 Å². The van der Waals surface area contributed by atoms with Gasteiger partial charge in [-0.05, 0) is 35.7 Å². The largest absolute Gasteiger partial charge is 0.492 e. The Morgan fingerprint density at radius 1 is 1.28 bits per heavy atom. The molecule has 1 aromatic carbocycles. The number of pyridine rings is 1. The summed E-state index contributed by atoms with van der Waals surface area (Å²) >= 11 is 0. The van der Waals surface area contributed by atoms with Crippen molar-refractivity contribution in [1.82, 2.24) is 19.9 Å². The van der Waals surface area contributed by atoms with Gasteiger partial charge in [0.1, 0.15) is 24.5 Å². The van der Waals surface area contributed by atoms with Gasteiger partial charge in [0.25, 0.3) is 0 Å². The zero-order valence-electron chi connectivity index (χ0n) is 13.6. The summed E-state index contributed by atoms with van der Waals surface area (Å²) in [5, 5.41) is 3.00. The van der Waals surface area contributed by atoms with Crippen LogP contribution in [0.3, 0.4) is 0 Å². The molecule has 2 aromatic heterocycles. The molecule has 0 aliphatic carbocycles. The number of fused-ring (bicyclic) bond motifs is 1. The minimum Gasteiger partial charge on any atom is -0.492 e. The third-order valence-corrected chi connectivity index (χ3v) is 4.30. The average molecular weight is 334 g/mol. The summed E-state index contributed by atoms with van der Waals surface area (Å²) in [4.78, 5) is 20.8. The summed E-state index contributed by atoms with van der Waals surface area (Å²) < 4.78 is 7.53. The van der Waals surface area contributed by atoms with Crippen LogP contribution in [0.5, 0.6) is 5.75 Å². The van der Waals surface area contributed by atoms with E-state index in [0.717, 1.165) is 22.7 Å². The second-order valence-corrected chi connectivity index (χ2v) is 6.03. The van der Waals surface area contributed by atoms with E-state index in [1.54, 1.807) is 18.7 Å². The summed E-state index contributed by atoms with van der Waals surface area (Å²) in [6, 6.07) is 11.7. The van der Waals surface area contributed by atoms with E-state index in [0.29, 0.717) is 19.6 Å². The lowest BCUT2D eigenvalue weighted by molar-refractivity contribution is -0.126. The Morgan fingerprint density at radius 3 is 3.08 bits per heavy atom. The van der Waals surface area contributed by atoms with Crippen molar-refractivity contribution in [2.45, 2.75) is 13.0 Å². The van der Waals surface area contributed by atoms with Crippen LogP contribution in [-0.4, -0.2) is 27.0 Å². The number of benzene rings is 1. The normalized spacial score (nSPS) is 15.9. The number of carbonyl (C=O) groups excluding carboxylic acids is 1. The van der Waals surface area contributed by atoms with E-state index in [9.17, 15) is 4.79 Å². The van der Waals surface area contributed by atoms with E-state index < -0.39 is 0 Å². The molecule has 3 heterocycles. The molecule has 3 aromatic rings. The van der Waals surface area contributed by atoms with E-state index in [2.05, 4.69) is 15.3 Å². The number of hydrogen-bond acceptors (Lipinski definition) is 4. The van der Waals surface area contributed by atoms with Gasteiger partial charge in [0.05, 0.1) is 5.92 Å². The molecule has 1 N–H and O–H groups in total. The molecule has 0 fully saturated rings. The van der Waals surface area contributed by atoms with Gasteiger partial charge < -0.3 is 10.1 Å². The molecule has 1 atom stereocenters. The highest BCUT2D eigenvalue weighted by Crippen LogP contribution is 2.26. The summed E-state index contributed by atoms with van der Waals surface area (Å²) in [6.45, 7) is 0.876.